The Balaban J connectivity index is 2.40. The molecule has 1 unspecified atom stereocenters. The van der Waals surface area contributed by atoms with Crippen molar-refractivity contribution in [2.75, 3.05) is 0 Å². The molecule has 0 aliphatic carbocycles. The highest BCUT2D eigenvalue weighted by atomic mass is 35.5. The predicted octanol–water partition coefficient (Wildman–Crippen LogP) is 7.30. The summed E-state index contributed by atoms with van der Waals surface area (Å²) < 4.78 is 147. The molecule has 2 rings (SSSR count). The van der Waals surface area contributed by atoms with E-state index in [0.717, 1.165) is 6.92 Å². The van der Waals surface area contributed by atoms with Crippen LogP contribution in [-0.4, -0.2) is 30.3 Å². The lowest BCUT2D eigenvalue weighted by molar-refractivity contribution is -0.154. The number of rotatable bonds is 7. The molecule has 0 saturated heterocycles. The topological polar surface area (TPSA) is 58.2 Å². The molecule has 2 atom stereocenters. The van der Waals surface area contributed by atoms with Crippen molar-refractivity contribution in [3.05, 3.63) is 75.6 Å². The Morgan fingerprint density at radius 1 is 0.949 bits per heavy atom. The highest BCUT2D eigenvalue weighted by molar-refractivity contribution is 6.30. The molecule has 4 nitrogen and oxygen atoms in total. The summed E-state index contributed by atoms with van der Waals surface area (Å²) in [4.78, 5) is 23.7. The minimum Gasteiger partial charge on any atom is -0.336 e. The number of allylic oxidation sites excluding steroid dienone is 1. The molecule has 0 bridgehead atoms. The maximum Gasteiger partial charge on any atom is 0.417 e. The van der Waals surface area contributed by atoms with Gasteiger partial charge in [0.2, 0.25) is 5.91 Å². The molecule has 2 aromatic carbocycles. The fraction of sp³-hybridized carbons (Fsp3) is 0.304. The first-order valence-corrected chi connectivity index (χ1v) is 10.8. The SMILES string of the molecule is C[C@H](NC(=O)CC(F)(F)F)NC(=O)c1ccc(/C(F)=C/C(c2ccc(F)c(Cl)c2)C(F)(F)F)cc1C(F)(F)F. The van der Waals surface area contributed by atoms with Gasteiger partial charge in [-0.15, -0.1) is 0 Å². The third-order valence-electron chi connectivity index (χ3n) is 4.90. The van der Waals surface area contributed by atoms with Crippen LogP contribution in [0.4, 0.5) is 48.3 Å². The molecule has 0 aromatic heterocycles. The summed E-state index contributed by atoms with van der Waals surface area (Å²) in [5, 5.41) is 2.81. The van der Waals surface area contributed by atoms with E-state index in [1.807, 2.05) is 5.32 Å². The van der Waals surface area contributed by atoms with Crippen molar-refractivity contribution in [2.24, 2.45) is 0 Å². The van der Waals surface area contributed by atoms with Gasteiger partial charge in [0.25, 0.3) is 5.91 Å². The molecule has 39 heavy (non-hydrogen) atoms. The molecule has 0 fully saturated rings. The Bertz CT molecular complexity index is 1250. The van der Waals surface area contributed by atoms with Crippen LogP contribution in [0.1, 0.15) is 46.3 Å². The van der Waals surface area contributed by atoms with Gasteiger partial charge in [0.05, 0.1) is 22.3 Å². The van der Waals surface area contributed by atoms with E-state index in [-0.39, 0.29) is 12.1 Å². The minimum absolute atomic E-state index is 0.0543. The Morgan fingerprint density at radius 3 is 2.08 bits per heavy atom. The van der Waals surface area contributed by atoms with Gasteiger partial charge < -0.3 is 10.6 Å². The average Bonchev–Trinajstić information content (AvgIpc) is 2.76. The highest BCUT2D eigenvalue weighted by Gasteiger charge is 2.41. The summed E-state index contributed by atoms with van der Waals surface area (Å²) in [6.45, 7) is 0.954. The summed E-state index contributed by atoms with van der Waals surface area (Å²) >= 11 is 5.48. The standard InChI is InChI=1S/C23H16ClF11N2O2/c1-10(36-19(38)9-21(27,28)29)37-20(39)13-4-2-12(6-15(13)23(33,34)35)18(26)8-14(22(30,31)32)11-3-5-17(25)16(24)7-11/h2-8,10,14H,9H2,1H3,(H,36,38)(H,37,39)/b18-8-/t10-,14?/m1/s1. The van der Waals surface area contributed by atoms with Crippen molar-refractivity contribution in [1.82, 2.24) is 10.6 Å². The molecule has 214 valence electrons. The van der Waals surface area contributed by atoms with Gasteiger partial charge in [0.15, 0.2) is 0 Å². The van der Waals surface area contributed by atoms with Crippen LogP contribution in [0.25, 0.3) is 5.83 Å². The van der Waals surface area contributed by atoms with E-state index < -0.39 is 87.8 Å². The van der Waals surface area contributed by atoms with E-state index in [1.165, 1.54) is 0 Å². The lowest BCUT2D eigenvalue weighted by Crippen LogP contribution is -2.47. The largest absolute Gasteiger partial charge is 0.417 e. The second kappa shape index (κ2) is 11.8. The van der Waals surface area contributed by atoms with E-state index in [9.17, 15) is 57.9 Å². The van der Waals surface area contributed by atoms with Crippen LogP contribution in [-0.2, 0) is 11.0 Å². The smallest absolute Gasteiger partial charge is 0.336 e. The second-order valence-electron chi connectivity index (χ2n) is 8.02. The Hall–Kier alpha value is -3.36. The third-order valence-corrected chi connectivity index (χ3v) is 5.19. The Kier molecular flexibility index (Phi) is 9.64. The molecule has 0 aliphatic heterocycles. The lowest BCUT2D eigenvalue weighted by atomic mass is 9.95. The van der Waals surface area contributed by atoms with Gasteiger partial charge in [-0.1, -0.05) is 23.7 Å². The van der Waals surface area contributed by atoms with Crippen molar-refractivity contribution in [1.29, 1.82) is 0 Å². The summed E-state index contributed by atoms with van der Waals surface area (Å²) in [6, 6.07) is 2.87. The van der Waals surface area contributed by atoms with Gasteiger partial charge in [-0.3, -0.25) is 9.59 Å². The maximum atomic E-state index is 14.8. The first-order valence-electron chi connectivity index (χ1n) is 10.5. The van der Waals surface area contributed by atoms with Crippen molar-refractivity contribution in [3.63, 3.8) is 0 Å². The molecular weight excluding hydrogens is 581 g/mol. The molecular formula is C23H16ClF11N2O2. The average molecular weight is 597 g/mol. The Labute approximate surface area is 217 Å². The molecule has 2 amide bonds. The number of halogens is 12. The zero-order valence-corrected chi connectivity index (χ0v) is 20.0. The van der Waals surface area contributed by atoms with Crippen LogP contribution in [0.15, 0.2) is 42.5 Å². The summed E-state index contributed by atoms with van der Waals surface area (Å²) in [7, 11) is 0. The van der Waals surface area contributed by atoms with E-state index >= 15 is 0 Å². The zero-order valence-electron chi connectivity index (χ0n) is 19.3. The number of nitrogens with one attached hydrogen (secondary N) is 2. The number of hydrogen-bond donors (Lipinski definition) is 2. The molecule has 0 heterocycles. The predicted molar refractivity (Wildman–Crippen MR) is 116 cm³/mol. The van der Waals surface area contributed by atoms with Crippen LogP contribution in [0.5, 0.6) is 0 Å². The minimum atomic E-state index is -5.33. The van der Waals surface area contributed by atoms with E-state index in [2.05, 4.69) is 0 Å². The second-order valence-corrected chi connectivity index (χ2v) is 8.43. The molecule has 0 spiro atoms. The lowest BCUT2D eigenvalue weighted by Gasteiger charge is -2.20. The monoisotopic (exact) mass is 596 g/mol. The van der Waals surface area contributed by atoms with Crippen LogP contribution in [0.3, 0.4) is 0 Å². The molecule has 0 aliphatic rings. The number of amides is 2. The maximum absolute atomic E-state index is 14.8. The fourth-order valence-corrected chi connectivity index (χ4v) is 3.43. The quantitative estimate of drug-likeness (QED) is 0.260. The molecule has 16 heteroatoms. The van der Waals surface area contributed by atoms with Crippen LogP contribution < -0.4 is 10.6 Å². The van der Waals surface area contributed by atoms with Gasteiger partial charge >= 0.3 is 18.5 Å². The van der Waals surface area contributed by atoms with Gasteiger partial charge in [0.1, 0.15) is 24.0 Å². The number of carbonyl (C=O) groups is 2. The van der Waals surface area contributed by atoms with E-state index in [0.29, 0.717) is 30.3 Å². The number of carbonyl (C=O) groups excluding carboxylic acids is 2. The summed E-state index contributed by atoms with van der Waals surface area (Å²) in [5.41, 5.74) is -4.66. The Morgan fingerprint density at radius 2 is 1.56 bits per heavy atom. The van der Waals surface area contributed by atoms with Crippen LogP contribution >= 0.6 is 11.6 Å². The molecule has 2 N–H and O–H groups in total. The van der Waals surface area contributed by atoms with E-state index in [4.69, 9.17) is 11.6 Å². The highest BCUT2D eigenvalue weighted by Crippen LogP contribution is 2.40. The van der Waals surface area contributed by atoms with Gasteiger partial charge in [-0.2, -0.15) is 39.5 Å². The molecule has 0 radical (unpaired) electrons. The normalized spacial score (nSPS) is 14.5. The van der Waals surface area contributed by atoms with Crippen molar-refractivity contribution in [3.8, 4) is 0 Å². The van der Waals surface area contributed by atoms with Crippen LogP contribution in [0.2, 0.25) is 5.02 Å². The van der Waals surface area contributed by atoms with Crippen molar-refractivity contribution in [2.45, 2.75) is 44.0 Å². The molecule has 0 saturated carbocycles. The van der Waals surface area contributed by atoms with E-state index in [1.54, 1.807) is 5.32 Å². The fourth-order valence-electron chi connectivity index (χ4n) is 3.24. The first-order chi connectivity index (χ1) is 17.7. The third kappa shape index (κ3) is 9.11. The van der Waals surface area contributed by atoms with Crippen molar-refractivity contribution >= 4 is 29.2 Å². The van der Waals surface area contributed by atoms with Crippen LogP contribution in [0, 0.1) is 5.82 Å². The van der Waals surface area contributed by atoms with Crippen molar-refractivity contribution < 1.29 is 57.9 Å². The zero-order chi connectivity index (χ0) is 29.9. The molecule has 2 aromatic rings. The van der Waals surface area contributed by atoms with Gasteiger partial charge in [0, 0.05) is 5.56 Å². The number of alkyl halides is 9. The first kappa shape index (κ1) is 31.9. The number of hydrogen-bond acceptors (Lipinski definition) is 2. The number of benzene rings is 2. The van der Waals surface area contributed by atoms with Gasteiger partial charge in [-0.25, -0.2) is 8.78 Å². The summed E-state index contributed by atoms with van der Waals surface area (Å²) in [6.07, 6.45) is -18.9. The van der Waals surface area contributed by atoms with Gasteiger partial charge in [-0.05, 0) is 42.8 Å². The summed E-state index contributed by atoms with van der Waals surface area (Å²) in [5.74, 6) is -8.71.